The summed E-state index contributed by atoms with van der Waals surface area (Å²) in [5.74, 6) is -0.182. The number of anilines is 3. The van der Waals surface area contributed by atoms with Crippen LogP contribution in [0.4, 0.5) is 17.1 Å². The second-order valence-electron chi connectivity index (χ2n) is 6.58. The van der Waals surface area contributed by atoms with E-state index >= 15 is 0 Å². The van der Waals surface area contributed by atoms with Gasteiger partial charge in [-0.15, -0.1) is 0 Å². The van der Waals surface area contributed by atoms with Gasteiger partial charge in [-0.3, -0.25) is 9.59 Å². The van der Waals surface area contributed by atoms with Crippen molar-refractivity contribution in [2.75, 3.05) is 15.5 Å². The monoisotopic (exact) mass is 350 g/mol. The first-order valence-corrected chi connectivity index (χ1v) is 8.90. The SMILES string of the molecule is [CH2]C(=O)Nc1ccc(N[C@@H]2C[C@H](C)N(C(=O)CC)c3ccccc32)cc1. The summed E-state index contributed by atoms with van der Waals surface area (Å²) in [6.45, 7) is 7.30. The lowest BCUT2D eigenvalue weighted by molar-refractivity contribution is -0.118. The fraction of sp³-hybridized carbons (Fsp3) is 0.286. The molecule has 2 atom stereocenters. The number of rotatable bonds is 4. The highest BCUT2D eigenvalue weighted by molar-refractivity contribution is 5.95. The molecular formula is C21H24N3O2. The van der Waals surface area contributed by atoms with E-state index < -0.39 is 0 Å². The summed E-state index contributed by atoms with van der Waals surface area (Å²) in [7, 11) is 0. The van der Waals surface area contributed by atoms with E-state index in [2.05, 4.69) is 30.5 Å². The number of carbonyl (C=O) groups excluding carboxylic acids is 2. The molecule has 0 bridgehead atoms. The number of nitrogens with one attached hydrogen (secondary N) is 2. The summed E-state index contributed by atoms with van der Waals surface area (Å²) in [4.78, 5) is 25.3. The topological polar surface area (TPSA) is 61.4 Å². The molecule has 2 aromatic carbocycles. The molecule has 1 aliphatic rings. The third-order valence-corrected chi connectivity index (χ3v) is 4.67. The van der Waals surface area contributed by atoms with Gasteiger partial charge >= 0.3 is 0 Å². The van der Waals surface area contributed by atoms with Crippen LogP contribution in [-0.2, 0) is 9.59 Å². The second kappa shape index (κ2) is 7.60. The van der Waals surface area contributed by atoms with E-state index in [4.69, 9.17) is 0 Å². The summed E-state index contributed by atoms with van der Waals surface area (Å²) >= 11 is 0. The summed E-state index contributed by atoms with van der Waals surface area (Å²) in [5.41, 5.74) is 3.79. The Morgan fingerprint density at radius 1 is 1.12 bits per heavy atom. The molecular weight excluding hydrogens is 326 g/mol. The van der Waals surface area contributed by atoms with Crippen molar-refractivity contribution in [1.29, 1.82) is 0 Å². The first kappa shape index (κ1) is 18.0. The van der Waals surface area contributed by atoms with Crippen molar-refractivity contribution in [2.24, 2.45) is 0 Å². The fourth-order valence-electron chi connectivity index (χ4n) is 3.51. The predicted octanol–water partition coefficient (Wildman–Crippen LogP) is 4.15. The number of fused-ring (bicyclic) bond motifs is 1. The van der Waals surface area contributed by atoms with Crippen molar-refractivity contribution in [3.8, 4) is 0 Å². The maximum atomic E-state index is 12.4. The van der Waals surface area contributed by atoms with E-state index in [0.717, 1.165) is 23.4 Å². The second-order valence-corrected chi connectivity index (χ2v) is 6.58. The maximum Gasteiger partial charge on any atom is 0.226 e. The van der Waals surface area contributed by atoms with Gasteiger partial charge in [-0.25, -0.2) is 0 Å². The molecule has 3 rings (SSSR count). The van der Waals surface area contributed by atoms with Gasteiger partial charge in [0.1, 0.15) is 0 Å². The van der Waals surface area contributed by atoms with E-state index in [1.807, 2.05) is 54.3 Å². The van der Waals surface area contributed by atoms with Crippen LogP contribution in [0.5, 0.6) is 0 Å². The molecule has 0 aromatic heterocycles. The molecule has 1 aliphatic heterocycles. The Balaban J connectivity index is 1.84. The number of carbonyl (C=O) groups is 2. The van der Waals surface area contributed by atoms with Crippen LogP contribution in [0.3, 0.4) is 0 Å². The summed E-state index contributed by atoms with van der Waals surface area (Å²) < 4.78 is 0. The number of benzene rings is 2. The van der Waals surface area contributed by atoms with E-state index in [1.165, 1.54) is 0 Å². The third kappa shape index (κ3) is 3.72. The van der Waals surface area contributed by atoms with E-state index in [9.17, 15) is 9.59 Å². The quantitative estimate of drug-likeness (QED) is 0.871. The first-order chi connectivity index (χ1) is 12.5. The molecule has 1 radical (unpaired) electrons. The highest BCUT2D eigenvalue weighted by Crippen LogP contribution is 2.39. The van der Waals surface area contributed by atoms with Crippen LogP contribution in [0.25, 0.3) is 0 Å². The molecule has 2 aromatic rings. The lowest BCUT2D eigenvalue weighted by Gasteiger charge is -2.40. The molecule has 2 N–H and O–H groups in total. The Kier molecular flexibility index (Phi) is 5.26. The largest absolute Gasteiger partial charge is 0.378 e. The van der Waals surface area contributed by atoms with Crippen LogP contribution in [0.15, 0.2) is 48.5 Å². The highest BCUT2D eigenvalue weighted by Gasteiger charge is 2.32. The third-order valence-electron chi connectivity index (χ3n) is 4.67. The number of nitrogens with zero attached hydrogens (tertiary/aromatic N) is 1. The van der Waals surface area contributed by atoms with Crippen LogP contribution in [0, 0.1) is 6.92 Å². The summed E-state index contributed by atoms with van der Waals surface area (Å²) in [6, 6.07) is 15.9. The van der Waals surface area contributed by atoms with Gasteiger partial charge in [0, 0.05) is 36.4 Å². The zero-order valence-electron chi connectivity index (χ0n) is 15.2. The smallest absolute Gasteiger partial charge is 0.226 e. The van der Waals surface area contributed by atoms with Crippen molar-refractivity contribution in [3.63, 3.8) is 0 Å². The van der Waals surface area contributed by atoms with E-state index in [1.54, 1.807) is 0 Å². The van der Waals surface area contributed by atoms with E-state index in [-0.39, 0.29) is 23.9 Å². The lowest BCUT2D eigenvalue weighted by atomic mass is 9.91. The van der Waals surface area contributed by atoms with Crippen molar-refractivity contribution in [2.45, 2.75) is 38.8 Å². The Hall–Kier alpha value is -2.82. The van der Waals surface area contributed by atoms with Crippen LogP contribution in [0.1, 0.15) is 38.3 Å². The maximum absolute atomic E-state index is 12.4. The van der Waals surface area contributed by atoms with Crippen LogP contribution in [-0.4, -0.2) is 17.9 Å². The van der Waals surface area contributed by atoms with Crippen LogP contribution in [0.2, 0.25) is 0 Å². The summed E-state index contributed by atoms with van der Waals surface area (Å²) in [6.07, 6.45) is 1.33. The number of para-hydroxylation sites is 1. The molecule has 0 unspecified atom stereocenters. The van der Waals surface area contributed by atoms with E-state index in [0.29, 0.717) is 12.1 Å². The lowest BCUT2D eigenvalue weighted by Crippen LogP contribution is -2.44. The number of hydrogen-bond donors (Lipinski definition) is 2. The molecule has 5 nitrogen and oxygen atoms in total. The number of amides is 2. The van der Waals surface area contributed by atoms with Crippen molar-refractivity contribution in [1.82, 2.24) is 0 Å². The van der Waals surface area contributed by atoms with Crippen molar-refractivity contribution in [3.05, 3.63) is 61.0 Å². The van der Waals surface area contributed by atoms with Gasteiger partial charge in [-0.2, -0.15) is 0 Å². The molecule has 1 heterocycles. The Morgan fingerprint density at radius 3 is 2.42 bits per heavy atom. The average Bonchev–Trinajstić information content (AvgIpc) is 2.62. The normalized spacial score (nSPS) is 18.8. The van der Waals surface area contributed by atoms with Gasteiger partial charge in [0.15, 0.2) is 0 Å². The van der Waals surface area contributed by atoms with Crippen molar-refractivity contribution < 1.29 is 9.59 Å². The molecule has 0 fully saturated rings. The fourth-order valence-corrected chi connectivity index (χ4v) is 3.51. The zero-order valence-corrected chi connectivity index (χ0v) is 15.2. The predicted molar refractivity (Wildman–Crippen MR) is 105 cm³/mol. The first-order valence-electron chi connectivity index (χ1n) is 8.90. The molecule has 0 aliphatic carbocycles. The molecule has 0 saturated heterocycles. The Labute approximate surface area is 154 Å². The molecule has 135 valence electrons. The average molecular weight is 350 g/mol. The molecule has 0 spiro atoms. The number of hydrogen-bond acceptors (Lipinski definition) is 3. The zero-order chi connectivity index (χ0) is 18.7. The highest BCUT2D eigenvalue weighted by atomic mass is 16.2. The van der Waals surface area contributed by atoms with Crippen LogP contribution >= 0.6 is 0 Å². The van der Waals surface area contributed by atoms with Gasteiger partial charge in [-0.05, 0) is 49.2 Å². The van der Waals surface area contributed by atoms with Gasteiger partial charge < -0.3 is 15.5 Å². The molecule has 0 saturated carbocycles. The minimum Gasteiger partial charge on any atom is -0.378 e. The van der Waals surface area contributed by atoms with Gasteiger partial charge in [0.25, 0.3) is 0 Å². The van der Waals surface area contributed by atoms with Gasteiger partial charge in [-0.1, -0.05) is 25.1 Å². The molecule has 26 heavy (non-hydrogen) atoms. The molecule has 2 amide bonds. The standard InChI is InChI=1S/C21H24N3O2/c1-4-21(26)24-14(2)13-19(18-7-5-6-8-20(18)24)23-17-11-9-16(10-12-17)22-15(3)25/h5-12,14,19,23H,3-4,13H2,1-2H3,(H,22,25)/t14-,19+/m0/s1. The molecule has 5 heteroatoms. The van der Waals surface area contributed by atoms with Gasteiger partial charge in [0.05, 0.1) is 6.04 Å². The Morgan fingerprint density at radius 2 is 1.77 bits per heavy atom. The summed E-state index contributed by atoms with van der Waals surface area (Å²) in [5, 5.41) is 6.22. The minimum atomic E-state index is -0.332. The minimum absolute atomic E-state index is 0.121. The van der Waals surface area contributed by atoms with Crippen molar-refractivity contribution >= 4 is 28.9 Å². The van der Waals surface area contributed by atoms with Gasteiger partial charge in [0.2, 0.25) is 11.8 Å². The van der Waals surface area contributed by atoms with Crippen LogP contribution < -0.4 is 15.5 Å². The Bertz CT molecular complexity index is 801.